The van der Waals surface area contributed by atoms with Crippen molar-refractivity contribution in [2.45, 2.75) is 38.0 Å². The summed E-state index contributed by atoms with van der Waals surface area (Å²) in [5, 5.41) is 0. The standard InChI is InChI=1S/C15H21NO2/c1-17-13-7-5-12(6-8-13)10-16-9-3-2-4-14(16)15-11-18-15/h5-8,14-15H,2-4,9-11H2,1H3. The van der Waals surface area contributed by atoms with E-state index in [4.69, 9.17) is 9.47 Å². The minimum Gasteiger partial charge on any atom is -0.497 e. The molecule has 2 unspecified atom stereocenters. The van der Waals surface area contributed by atoms with Crippen molar-refractivity contribution in [2.75, 3.05) is 20.3 Å². The second kappa shape index (κ2) is 5.29. The van der Waals surface area contributed by atoms with Gasteiger partial charge in [0, 0.05) is 12.6 Å². The van der Waals surface area contributed by atoms with Gasteiger partial charge in [0.25, 0.3) is 0 Å². The normalized spacial score (nSPS) is 28.1. The topological polar surface area (TPSA) is 25.0 Å². The quantitative estimate of drug-likeness (QED) is 0.764. The van der Waals surface area contributed by atoms with E-state index < -0.39 is 0 Å². The number of piperidine rings is 1. The first kappa shape index (κ1) is 12.0. The van der Waals surface area contributed by atoms with Gasteiger partial charge >= 0.3 is 0 Å². The van der Waals surface area contributed by atoms with Gasteiger partial charge in [-0.2, -0.15) is 0 Å². The molecule has 0 spiro atoms. The predicted octanol–water partition coefficient (Wildman–Crippen LogP) is 2.45. The maximum absolute atomic E-state index is 5.49. The largest absolute Gasteiger partial charge is 0.497 e. The Morgan fingerprint density at radius 3 is 2.72 bits per heavy atom. The maximum Gasteiger partial charge on any atom is 0.118 e. The number of hydrogen-bond donors (Lipinski definition) is 0. The van der Waals surface area contributed by atoms with Crippen LogP contribution < -0.4 is 4.74 Å². The van der Waals surface area contributed by atoms with Gasteiger partial charge in [-0.05, 0) is 37.1 Å². The van der Waals surface area contributed by atoms with Gasteiger partial charge in [-0.15, -0.1) is 0 Å². The molecule has 0 N–H and O–H groups in total. The highest BCUT2D eigenvalue weighted by Crippen LogP contribution is 2.29. The van der Waals surface area contributed by atoms with Crippen molar-refractivity contribution in [3.63, 3.8) is 0 Å². The molecule has 2 saturated heterocycles. The van der Waals surface area contributed by atoms with Gasteiger partial charge in [0.05, 0.1) is 19.8 Å². The molecular formula is C15H21NO2. The van der Waals surface area contributed by atoms with E-state index in [-0.39, 0.29) is 0 Å². The molecule has 2 aliphatic heterocycles. The molecule has 3 heteroatoms. The smallest absolute Gasteiger partial charge is 0.118 e. The van der Waals surface area contributed by atoms with Crippen molar-refractivity contribution in [3.8, 4) is 5.75 Å². The number of hydrogen-bond acceptors (Lipinski definition) is 3. The number of nitrogens with zero attached hydrogens (tertiary/aromatic N) is 1. The van der Waals surface area contributed by atoms with Gasteiger partial charge in [-0.3, -0.25) is 4.90 Å². The number of rotatable bonds is 4. The van der Waals surface area contributed by atoms with E-state index in [0.29, 0.717) is 12.1 Å². The van der Waals surface area contributed by atoms with Crippen LogP contribution in [0.1, 0.15) is 24.8 Å². The summed E-state index contributed by atoms with van der Waals surface area (Å²) in [6.45, 7) is 3.20. The zero-order valence-electron chi connectivity index (χ0n) is 11.0. The number of ether oxygens (including phenoxy) is 2. The molecule has 0 saturated carbocycles. The molecule has 2 heterocycles. The second-order valence-electron chi connectivity index (χ2n) is 5.25. The lowest BCUT2D eigenvalue weighted by molar-refractivity contribution is 0.113. The van der Waals surface area contributed by atoms with Crippen molar-refractivity contribution in [2.24, 2.45) is 0 Å². The van der Waals surface area contributed by atoms with E-state index in [1.54, 1.807) is 7.11 Å². The molecule has 0 aliphatic carbocycles. The summed E-state index contributed by atoms with van der Waals surface area (Å²) < 4.78 is 10.7. The summed E-state index contributed by atoms with van der Waals surface area (Å²) in [6.07, 6.45) is 4.47. The van der Waals surface area contributed by atoms with Crippen LogP contribution >= 0.6 is 0 Å². The van der Waals surface area contributed by atoms with Crippen molar-refractivity contribution in [1.82, 2.24) is 4.90 Å². The van der Waals surface area contributed by atoms with Gasteiger partial charge in [0.2, 0.25) is 0 Å². The zero-order chi connectivity index (χ0) is 12.4. The lowest BCUT2D eigenvalue weighted by Crippen LogP contribution is -2.42. The molecule has 3 rings (SSSR count). The Kier molecular flexibility index (Phi) is 3.52. The van der Waals surface area contributed by atoms with Crippen LogP contribution in [0.3, 0.4) is 0 Å². The average Bonchev–Trinajstić information content (AvgIpc) is 3.25. The fourth-order valence-corrected chi connectivity index (χ4v) is 2.88. The van der Waals surface area contributed by atoms with E-state index in [2.05, 4.69) is 17.0 Å². The third-order valence-corrected chi connectivity index (χ3v) is 4.00. The first-order chi connectivity index (χ1) is 8.86. The highest BCUT2D eigenvalue weighted by Gasteiger charge is 2.37. The molecule has 3 nitrogen and oxygen atoms in total. The molecule has 0 bridgehead atoms. The molecule has 2 aliphatic rings. The molecule has 2 atom stereocenters. The molecule has 2 fully saturated rings. The molecule has 0 amide bonds. The lowest BCUT2D eigenvalue weighted by atomic mass is 9.99. The summed E-state index contributed by atoms with van der Waals surface area (Å²) in [7, 11) is 1.71. The van der Waals surface area contributed by atoms with Crippen molar-refractivity contribution in [1.29, 1.82) is 0 Å². The lowest BCUT2D eigenvalue weighted by Gasteiger charge is -2.34. The molecule has 18 heavy (non-hydrogen) atoms. The zero-order valence-corrected chi connectivity index (χ0v) is 11.0. The number of benzene rings is 1. The van der Waals surface area contributed by atoms with Crippen LogP contribution in [0.2, 0.25) is 0 Å². The van der Waals surface area contributed by atoms with Crippen LogP contribution in [0.4, 0.5) is 0 Å². The first-order valence-corrected chi connectivity index (χ1v) is 6.85. The Morgan fingerprint density at radius 1 is 1.28 bits per heavy atom. The van der Waals surface area contributed by atoms with Crippen molar-refractivity contribution < 1.29 is 9.47 Å². The van der Waals surface area contributed by atoms with Gasteiger partial charge in [0.1, 0.15) is 5.75 Å². The number of likely N-dealkylation sites (tertiary alicyclic amines) is 1. The number of methoxy groups -OCH3 is 1. The van der Waals surface area contributed by atoms with Crippen LogP contribution in [0.25, 0.3) is 0 Å². The Bertz CT molecular complexity index is 386. The maximum atomic E-state index is 5.49. The van der Waals surface area contributed by atoms with E-state index in [0.717, 1.165) is 18.9 Å². The number of epoxide rings is 1. The molecule has 1 aromatic carbocycles. The van der Waals surface area contributed by atoms with Gasteiger partial charge in [0.15, 0.2) is 0 Å². The predicted molar refractivity (Wildman–Crippen MR) is 70.8 cm³/mol. The SMILES string of the molecule is COc1ccc(CN2CCCCC2C2CO2)cc1. The average molecular weight is 247 g/mol. The van der Waals surface area contributed by atoms with E-state index in [9.17, 15) is 0 Å². The summed E-state index contributed by atoms with van der Waals surface area (Å²) in [5.74, 6) is 0.930. The highest BCUT2D eigenvalue weighted by atomic mass is 16.6. The molecule has 1 aromatic rings. The van der Waals surface area contributed by atoms with Crippen LogP contribution in [0, 0.1) is 0 Å². The third kappa shape index (κ3) is 2.68. The summed E-state index contributed by atoms with van der Waals surface area (Å²) in [6, 6.07) is 9.06. The molecule has 0 radical (unpaired) electrons. The van der Waals surface area contributed by atoms with Crippen LogP contribution in [-0.4, -0.2) is 37.3 Å². The molecule has 98 valence electrons. The second-order valence-corrected chi connectivity index (χ2v) is 5.25. The Hall–Kier alpha value is -1.06. The van der Waals surface area contributed by atoms with Crippen LogP contribution in [0.15, 0.2) is 24.3 Å². The van der Waals surface area contributed by atoms with Gasteiger partial charge in [-0.25, -0.2) is 0 Å². The molecular weight excluding hydrogens is 226 g/mol. The summed E-state index contributed by atoms with van der Waals surface area (Å²) >= 11 is 0. The highest BCUT2D eigenvalue weighted by molar-refractivity contribution is 5.27. The van der Waals surface area contributed by atoms with E-state index in [1.165, 1.54) is 31.4 Å². The third-order valence-electron chi connectivity index (χ3n) is 4.00. The first-order valence-electron chi connectivity index (χ1n) is 6.85. The molecule has 0 aromatic heterocycles. The summed E-state index contributed by atoms with van der Waals surface area (Å²) in [5.41, 5.74) is 1.36. The Morgan fingerprint density at radius 2 is 2.06 bits per heavy atom. The van der Waals surface area contributed by atoms with Crippen molar-refractivity contribution in [3.05, 3.63) is 29.8 Å². The summed E-state index contributed by atoms with van der Waals surface area (Å²) in [4.78, 5) is 2.59. The van der Waals surface area contributed by atoms with Crippen LogP contribution in [-0.2, 0) is 11.3 Å². The van der Waals surface area contributed by atoms with Crippen molar-refractivity contribution >= 4 is 0 Å². The van der Waals surface area contributed by atoms with Gasteiger partial charge < -0.3 is 9.47 Å². The van der Waals surface area contributed by atoms with Crippen LogP contribution in [0.5, 0.6) is 5.75 Å². The van der Waals surface area contributed by atoms with E-state index in [1.807, 2.05) is 12.1 Å². The fourth-order valence-electron chi connectivity index (χ4n) is 2.88. The Labute approximate surface area is 109 Å². The minimum absolute atomic E-state index is 0.503. The monoisotopic (exact) mass is 247 g/mol. The Balaban J connectivity index is 1.65. The van der Waals surface area contributed by atoms with E-state index >= 15 is 0 Å². The fraction of sp³-hybridized carbons (Fsp3) is 0.600. The van der Waals surface area contributed by atoms with Gasteiger partial charge in [-0.1, -0.05) is 18.6 Å². The minimum atomic E-state index is 0.503.